The van der Waals surface area contributed by atoms with Crippen molar-refractivity contribution in [2.45, 2.75) is 47.0 Å². The summed E-state index contributed by atoms with van der Waals surface area (Å²) in [6.07, 6.45) is 1.31. The molecule has 0 fully saturated rings. The summed E-state index contributed by atoms with van der Waals surface area (Å²) < 4.78 is 12.6. The first-order valence-electron chi connectivity index (χ1n) is 16.3. The number of fused-ring (bicyclic) bond motifs is 2. The second kappa shape index (κ2) is 15.0. The van der Waals surface area contributed by atoms with Crippen molar-refractivity contribution in [1.29, 1.82) is 0 Å². The Hall–Kier alpha value is -5.38. The lowest BCUT2D eigenvalue weighted by molar-refractivity contribution is -0.120. The van der Waals surface area contributed by atoms with Gasteiger partial charge in [-0.15, -0.1) is 0 Å². The molecule has 0 aliphatic rings. The molecule has 2 aromatic heterocycles. The molecule has 0 radical (unpaired) electrons. The van der Waals surface area contributed by atoms with Crippen LogP contribution in [0.3, 0.4) is 0 Å². The number of anilines is 1. The van der Waals surface area contributed by atoms with Crippen LogP contribution in [0.1, 0.15) is 64.2 Å². The van der Waals surface area contributed by atoms with Crippen LogP contribution in [0.4, 0.5) is 5.69 Å². The molecule has 0 aliphatic carbocycles. The first kappa shape index (κ1) is 34.0. The van der Waals surface area contributed by atoms with Gasteiger partial charge in [-0.2, -0.15) is 0 Å². The summed E-state index contributed by atoms with van der Waals surface area (Å²) in [5, 5.41) is 7.20. The van der Waals surface area contributed by atoms with Crippen molar-refractivity contribution in [2.75, 3.05) is 38.2 Å². The average molecular weight is 651 g/mol. The summed E-state index contributed by atoms with van der Waals surface area (Å²) in [5.41, 5.74) is 4.46. The van der Waals surface area contributed by atoms with Gasteiger partial charge in [0.15, 0.2) is 0 Å². The molecule has 5 rings (SSSR count). The Morgan fingerprint density at radius 1 is 0.875 bits per heavy atom. The van der Waals surface area contributed by atoms with E-state index in [1.54, 1.807) is 35.9 Å². The Labute approximate surface area is 279 Å². The van der Waals surface area contributed by atoms with Gasteiger partial charge in [-0.1, -0.05) is 17.7 Å². The zero-order valence-electron chi connectivity index (χ0n) is 28.1. The maximum atomic E-state index is 13.6. The minimum absolute atomic E-state index is 0.0431. The van der Waals surface area contributed by atoms with Gasteiger partial charge in [-0.05, 0) is 94.6 Å². The first-order valence-corrected chi connectivity index (χ1v) is 16.3. The quantitative estimate of drug-likeness (QED) is 0.122. The fourth-order valence-electron chi connectivity index (χ4n) is 5.94. The van der Waals surface area contributed by atoms with Crippen LogP contribution in [-0.4, -0.2) is 55.6 Å². The van der Waals surface area contributed by atoms with Crippen molar-refractivity contribution in [2.24, 2.45) is 0 Å². The number of nitrogens with zero attached hydrogens (tertiary/aromatic N) is 2. The molecule has 0 bridgehead atoms. The Morgan fingerprint density at radius 3 is 2.27 bits per heavy atom. The van der Waals surface area contributed by atoms with E-state index in [4.69, 9.17) is 9.15 Å². The van der Waals surface area contributed by atoms with Crippen molar-refractivity contribution in [3.63, 3.8) is 0 Å². The molecule has 2 amide bonds. The van der Waals surface area contributed by atoms with E-state index in [-0.39, 0.29) is 23.8 Å². The number of aryl methyl sites for hydroxylation is 1. The highest BCUT2D eigenvalue weighted by molar-refractivity contribution is 6.05. The van der Waals surface area contributed by atoms with E-state index < -0.39 is 11.5 Å². The predicted molar refractivity (Wildman–Crippen MR) is 188 cm³/mol. The highest BCUT2D eigenvalue weighted by Gasteiger charge is 2.22. The van der Waals surface area contributed by atoms with Gasteiger partial charge < -0.3 is 24.7 Å². The highest BCUT2D eigenvalue weighted by atomic mass is 16.5. The van der Waals surface area contributed by atoms with Gasteiger partial charge >= 0.3 is 5.63 Å². The van der Waals surface area contributed by atoms with E-state index in [9.17, 15) is 19.2 Å². The molecular formula is C38H42N4O6. The molecule has 0 atom stereocenters. The summed E-state index contributed by atoms with van der Waals surface area (Å²) in [6, 6.07) is 20.1. The zero-order valence-corrected chi connectivity index (χ0v) is 28.1. The van der Waals surface area contributed by atoms with Gasteiger partial charge in [0, 0.05) is 60.0 Å². The van der Waals surface area contributed by atoms with E-state index in [2.05, 4.69) is 29.4 Å². The highest BCUT2D eigenvalue weighted by Crippen LogP contribution is 2.31. The molecule has 2 N–H and O–H groups in total. The zero-order chi connectivity index (χ0) is 34.4. The van der Waals surface area contributed by atoms with E-state index in [0.717, 1.165) is 35.3 Å². The van der Waals surface area contributed by atoms with Crippen molar-refractivity contribution in [3.8, 4) is 5.75 Å². The van der Waals surface area contributed by atoms with Gasteiger partial charge in [0.2, 0.25) is 5.91 Å². The number of benzene rings is 3. The number of unbranched alkanes of at least 4 members (excludes halogenated alkanes) is 1. The maximum Gasteiger partial charge on any atom is 0.349 e. The summed E-state index contributed by atoms with van der Waals surface area (Å²) in [7, 11) is 1.58. The van der Waals surface area contributed by atoms with E-state index in [1.165, 1.54) is 0 Å². The molecular weight excluding hydrogens is 608 g/mol. The Bertz CT molecular complexity index is 2020. The van der Waals surface area contributed by atoms with Crippen LogP contribution in [0, 0.1) is 13.8 Å². The predicted octanol–water partition coefficient (Wildman–Crippen LogP) is 5.78. The third-order valence-corrected chi connectivity index (χ3v) is 8.68. The van der Waals surface area contributed by atoms with Gasteiger partial charge in [0.25, 0.3) is 11.8 Å². The number of ether oxygens (including phenoxy) is 1. The second-order valence-corrected chi connectivity index (χ2v) is 11.8. The van der Waals surface area contributed by atoms with Gasteiger partial charge in [0.05, 0.1) is 19.0 Å². The molecule has 0 spiro atoms. The van der Waals surface area contributed by atoms with Crippen LogP contribution in [-0.2, 0) is 11.2 Å². The van der Waals surface area contributed by atoms with Gasteiger partial charge in [0.1, 0.15) is 16.9 Å². The lowest BCUT2D eigenvalue weighted by atomic mass is 10.1. The second-order valence-electron chi connectivity index (χ2n) is 11.8. The molecule has 48 heavy (non-hydrogen) atoms. The Balaban J connectivity index is 1.16. The topological polar surface area (TPSA) is 123 Å². The van der Waals surface area contributed by atoms with Gasteiger partial charge in [-0.25, -0.2) is 4.79 Å². The SMILES string of the molecule is CCN(CC)c1ccc2cc(C(=O)NCCCCNC(=O)Cc3c(C)n(C(=O)c4ccc(C)cc4)c4ccc(OC)cc34)c(=O)oc2c1. The number of carbonyl (C=O) groups excluding carboxylic acids is 3. The molecule has 0 saturated carbocycles. The number of nitrogens with one attached hydrogen (secondary N) is 2. The molecule has 0 aliphatic heterocycles. The number of carbonyl (C=O) groups is 3. The molecule has 2 heterocycles. The lowest BCUT2D eigenvalue weighted by Gasteiger charge is -2.21. The number of aromatic nitrogens is 1. The van der Waals surface area contributed by atoms with E-state index in [0.29, 0.717) is 59.4 Å². The van der Waals surface area contributed by atoms with Crippen LogP contribution in [0.25, 0.3) is 21.9 Å². The first-order chi connectivity index (χ1) is 23.1. The Morgan fingerprint density at radius 2 is 1.58 bits per heavy atom. The Kier molecular flexibility index (Phi) is 10.6. The molecule has 3 aromatic carbocycles. The van der Waals surface area contributed by atoms with Crippen molar-refractivity contribution < 1.29 is 23.5 Å². The van der Waals surface area contributed by atoms with Crippen molar-refractivity contribution >= 4 is 45.3 Å². The van der Waals surface area contributed by atoms with Gasteiger partial charge in [-0.3, -0.25) is 19.0 Å². The largest absolute Gasteiger partial charge is 0.497 e. The average Bonchev–Trinajstić information content (AvgIpc) is 3.35. The normalized spacial score (nSPS) is 11.1. The van der Waals surface area contributed by atoms with Crippen LogP contribution in [0.2, 0.25) is 0 Å². The summed E-state index contributed by atoms with van der Waals surface area (Å²) in [4.78, 5) is 54.2. The fourth-order valence-corrected chi connectivity index (χ4v) is 5.94. The maximum absolute atomic E-state index is 13.6. The molecule has 250 valence electrons. The van der Waals surface area contributed by atoms with Crippen LogP contribution in [0.15, 0.2) is 75.9 Å². The van der Waals surface area contributed by atoms with Crippen molar-refractivity contribution in [1.82, 2.24) is 15.2 Å². The summed E-state index contributed by atoms with van der Waals surface area (Å²) in [6.45, 7) is 10.3. The minimum Gasteiger partial charge on any atom is -0.497 e. The lowest BCUT2D eigenvalue weighted by Crippen LogP contribution is -2.30. The third kappa shape index (κ3) is 7.27. The smallest absolute Gasteiger partial charge is 0.349 e. The van der Waals surface area contributed by atoms with Crippen molar-refractivity contribution in [3.05, 3.63) is 105 Å². The third-order valence-electron chi connectivity index (χ3n) is 8.68. The standard InChI is InChI=1S/C38H42N4O6/c1-6-41(7-2)28-15-14-27-20-32(38(46)48-34(27)21-28)36(44)40-19-9-8-18-39-35(43)23-30-25(4)42(33-17-16-29(47-5)22-31(30)33)37(45)26-12-10-24(3)11-13-26/h10-17,20-22H,6-9,18-19,23H2,1-5H3,(H,39,43)(H,40,44). The summed E-state index contributed by atoms with van der Waals surface area (Å²) >= 11 is 0. The molecule has 10 heteroatoms. The number of rotatable bonds is 13. The minimum atomic E-state index is -0.682. The van der Waals surface area contributed by atoms with E-state index in [1.807, 2.05) is 56.3 Å². The van der Waals surface area contributed by atoms with Crippen LogP contribution < -0.4 is 25.9 Å². The van der Waals surface area contributed by atoms with E-state index >= 15 is 0 Å². The molecule has 10 nitrogen and oxygen atoms in total. The number of methoxy groups -OCH3 is 1. The summed E-state index contributed by atoms with van der Waals surface area (Å²) in [5.74, 6) is -0.200. The molecule has 0 unspecified atom stereocenters. The molecule has 5 aromatic rings. The fraction of sp³-hybridized carbons (Fsp3) is 0.316. The molecule has 0 saturated heterocycles. The van der Waals surface area contributed by atoms with Crippen LogP contribution >= 0.6 is 0 Å². The van der Waals surface area contributed by atoms with Crippen LogP contribution in [0.5, 0.6) is 5.75 Å². The monoisotopic (exact) mass is 650 g/mol. The number of hydrogen-bond acceptors (Lipinski definition) is 7. The number of hydrogen-bond donors (Lipinski definition) is 2. The number of amides is 2.